The molecule has 248 valence electrons. The summed E-state index contributed by atoms with van der Waals surface area (Å²) in [4.78, 5) is 10.3. The maximum atomic E-state index is 6.22. The molecule has 0 N–H and O–H groups in total. The monoisotopic (exact) mass is 676 g/mol. The Labute approximate surface area is 307 Å². The third-order valence-corrected chi connectivity index (χ3v) is 10.1. The number of hydrogen-bond donors (Lipinski definition) is 0. The predicted octanol–water partition coefficient (Wildman–Crippen LogP) is 13.5. The van der Waals surface area contributed by atoms with Gasteiger partial charge in [-0.2, -0.15) is 0 Å². The fourth-order valence-corrected chi connectivity index (χ4v) is 7.50. The van der Waals surface area contributed by atoms with Gasteiger partial charge in [-0.3, -0.25) is 0 Å². The quantitative estimate of drug-likeness (QED) is 0.176. The predicted molar refractivity (Wildman–Crippen MR) is 219 cm³/mol. The van der Waals surface area contributed by atoms with E-state index >= 15 is 0 Å². The first-order chi connectivity index (χ1) is 26.2. The molecule has 0 spiro atoms. The molecule has 0 bridgehead atoms. The summed E-state index contributed by atoms with van der Waals surface area (Å²) >= 11 is 0. The Hall–Kier alpha value is -7.10. The molecule has 2 aromatic heterocycles. The highest BCUT2D eigenvalue weighted by atomic mass is 16.3. The topological polar surface area (TPSA) is 38.9 Å². The van der Waals surface area contributed by atoms with Crippen LogP contribution in [0.1, 0.15) is 0 Å². The number of hydrogen-bond acceptors (Lipinski definition) is 3. The molecule has 3 heteroatoms. The Bertz CT molecular complexity index is 2880. The highest BCUT2D eigenvalue weighted by Crippen LogP contribution is 2.41. The summed E-state index contributed by atoms with van der Waals surface area (Å²) in [6.45, 7) is 0. The normalized spacial score (nSPS) is 11.4. The van der Waals surface area contributed by atoms with Crippen LogP contribution in [-0.4, -0.2) is 9.97 Å². The molecule has 10 aromatic rings. The van der Waals surface area contributed by atoms with Crippen molar-refractivity contribution in [1.29, 1.82) is 0 Å². The fourth-order valence-electron chi connectivity index (χ4n) is 7.50. The van der Waals surface area contributed by atoms with Gasteiger partial charge in [-0.15, -0.1) is 0 Å². The Morgan fingerprint density at radius 1 is 0.302 bits per heavy atom. The lowest BCUT2D eigenvalue weighted by Crippen LogP contribution is -1.96. The zero-order valence-corrected chi connectivity index (χ0v) is 28.8. The van der Waals surface area contributed by atoms with Crippen LogP contribution in [0.25, 0.3) is 100.0 Å². The van der Waals surface area contributed by atoms with Crippen molar-refractivity contribution in [3.05, 3.63) is 194 Å². The van der Waals surface area contributed by atoms with Gasteiger partial charge in [0.15, 0.2) is 5.82 Å². The maximum Gasteiger partial charge on any atom is 0.160 e. The summed E-state index contributed by atoms with van der Waals surface area (Å²) in [6.07, 6.45) is 0. The van der Waals surface area contributed by atoms with Crippen LogP contribution in [0.2, 0.25) is 0 Å². The first-order valence-corrected chi connectivity index (χ1v) is 17.9. The van der Waals surface area contributed by atoms with Crippen LogP contribution in [0.3, 0.4) is 0 Å². The molecule has 3 nitrogen and oxygen atoms in total. The van der Waals surface area contributed by atoms with E-state index in [1.807, 2.05) is 36.4 Å². The van der Waals surface area contributed by atoms with Crippen molar-refractivity contribution >= 4 is 32.7 Å². The van der Waals surface area contributed by atoms with E-state index in [0.29, 0.717) is 5.82 Å². The molecule has 0 saturated carbocycles. The number of fused-ring (bicyclic) bond motifs is 4. The Morgan fingerprint density at radius 3 is 1.72 bits per heavy atom. The molecular formula is C50H32N2O. The van der Waals surface area contributed by atoms with E-state index in [1.54, 1.807) is 0 Å². The molecule has 10 rings (SSSR count). The van der Waals surface area contributed by atoms with Crippen LogP contribution in [-0.2, 0) is 0 Å². The molecule has 0 amide bonds. The molecule has 0 saturated heterocycles. The number of nitrogens with zero attached hydrogens (tertiary/aromatic N) is 2. The van der Waals surface area contributed by atoms with Gasteiger partial charge in [-0.25, -0.2) is 9.97 Å². The first-order valence-electron chi connectivity index (χ1n) is 17.9. The summed E-state index contributed by atoms with van der Waals surface area (Å²) in [6, 6.07) is 68.2. The Balaban J connectivity index is 1.23. The van der Waals surface area contributed by atoms with Crippen LogP contribution in [0.4, 0.5) is 0 Å². The summed E-state index contributed by atoms with van der Waals surface area (Å²) in [5.74, 6) is 0.691. The van der Waals surface area contributed by atoms with Crippen LogP contribution < -0.4 is 0 Å². The van der Waals surface area contributed by atoms with E-state index in [9.17, 15) is 0 Å². The lowest BCUT2D eigenvalue weighted by atomic mass is 9.88. The largest absolute Gasteiger partial charge is 0.456 e. The van der Waals surface area contributed by atoms with Crippen molar-refractivity contribution in [2.45, 2.75) is 0 Å². The van der Waals surface area contributed by atoms with Gasteiger partial charge in [-0.05, 0) is 86.6 Å². The zero-order valence-electron chi connectivity index (χ0n) is 28.8. The van der Waals surface area contributed by atoms with Gasteiger partial charge in [0.2, 0.25) is 0 Å². The number of rotatable bonds is 6. The van der Waals surface area contributed by atoms with E-state index in [2.05, 4.69) is 158 Å². The molecular weight excluding hydrogens is 645 g/mol. The Morgan fingerprint density at radius 2 is 0.887 bits per heavy atom. The third kappa shape index (κ3) is 5.65. The second-order valence-electron chi connectivity index (χ2n) is 13.4. The van der Waals surface area contributed by atoms with Crippen molar-refractivity contribution in [2.75, 3.05) is 0 Å². The summed E-state index contributed by atoms with van der Waals surface area (Å²) in [5.41, 5.74) is 13.4. The summed E-state index contributed by atoms with van der Waals surface area (Å²) < 4.78 is 6.22. The minimum Gasteiger partial charge on any atom is -0.456 e. The number of para-hydroxylation sites is 1. The van der Waals surface area contributed by atoms with Crippen molar-refractivity contribution in [3.63, 3.8) is 0 Å². The van der Waals surface area contributed by atoms with Crippen LogP contribution in [0, 0.1) is 0 Å². The van der Waals surface area contributed by atoms with Crippen molar-refractivity contribution < 1.29 is 4.42 Å². The first kappa shape index (κ1) is 30.7. The van der Waals surface area contributed by atoms with Gasteiger partial charge in [0, 0.05) is 27.5 Å². The van der Waals surface area contributed by atoms with E-state index < -0.39 is 0 Å². The van der Waals surface area contributed by atoms with E-state index in [0.717, 1.165) is 72.3 Å². The Kier molecular flexibility index (Phi) is 7.47. The van der Waals surface area contributed by atoms with Gasteiger partial charge in [-0.1, -0.05) is 152 Å². The summed E-state index contributed by atoms with van der Waals surface area (Å²) in [7, 11) is 0. The van der Waals surface area contributed by atoms with Gasteiger partial charge in [0.25, 0.3) is 0 Å². The van der Waals surface area contributed by atoms with Crippen molar-refractivity contribution in [2.24, 2.45) is 0 Å². The molecule has 8 aromatic carbocycles. The molecule has 0 radical (unpaired) electrons. The molecule has 53 heavy (non-hydrogen) atoms. The fraction of sp³-hybridized carbons (Fsp3) is 0. The molecule has 0 aliphatic carbocycles. The van der Waals surface area contributed by atoms with Gasteiger partial charge >= 0.3 is 0 Å². The van der Waals surface area contributed by atoms with Gasteiger partial charge in [0.1, 0.15) is 11.2 Å². The average Bonchev–Trinajstić information content (AvgIpc) is 3.62. The van der Waals surface area contributed by atoms with E-state index in [4.69, 9.17) is 14.4 Å². The van der Waals surface area contributed by atoms with E-state index in [1.165, 1.54) is 21.9 Å². The molecule has 0 atom stereocenters. The van der Waals surface area contributed by atoms with Crippen LogP contribution in [0.15, 0.2) is 199 Å². The third-order valence-electron chi connectivity index (χ3n) is 10.1. The van der Waals surface area contributed by atoms with Crippen LogP contribution in [0.5, 0.6) is 0 Å². The van der Waals surface area contributed by atoms with Crippen molar-refractivity contribution in [3.8, 4) is 67.3 Å². The standard InChI is InChI=1S/C50H32N2O/c1-3-15-34(16-4-1)46-32-47(52-50(51-46)35-17-5-2-6-18-35)39-29-37(36-26-27-49-45(31-36)44-23-11-12-25-48(44)53-49)28-38(30-39)41-21-9-10-22-42(41)43-24-13-19-33-14-7-8-20-40(33)43/h1-32H. The lowest BCUT2D eigenvalue weighted by Gasteiger charge is -2.16. The second-order valence-corrected chi connectivity index (χ2v) is 13.4. The molecule has 0 fully saturated rings. The minimum absolute atomic E-state index is 0.691. The lowest BCUT2D eigenvalue weighted by molar-refractivity contribution is 0.669. The minimum atomic E-state index is 0.691. The molecule has 0 aliphatic heterocycles. The summed E-state index contributed by atoms with van der Waals surface area (Å²) in [5, 5.41) is 4.66. The smallest absolute Gasteiger partial charge is 0.160 e. The van der Waals surface area contributed by atoms with Gasteiger partial charge in [0.05, 0.1) is 11.4 Å². The SMILES string of the molecule is c1ccc(-c2cc(-c3cc(-c4ccc5oc6ccccc6c5c4)cc(-c4ccccc4-c4cccc5ccccc45)c3)nc(-c3ccccc3)n2)cc1. The van der Waals surface area contributed by atoms with Gasteiger partial charge < -0.3 is 4.42 Å². The van der Waals surface area contributed by atoms with Crippen molar-refractivity contribution in [1.82, 2.24) is 9.97 Å². The molecule has 0 aliphatic rings. The molecule has 2 heterocycles. The zero-order chi connectivity index (χ0) is 35.1. The average molecular weight is 677 g/mol. The maximum absolute atomic E-state index is 6.22. The number of aromatic nitrogens is 2. The molecule has 0 unspecified atom stereocenters. The number of furan rings is 1. The van der Waals surface area contributed by atoms with E-state index in [-0.39, 0.29) is 0 Å². The number of benzene rings is 8. The highest BCUT2D eigenvalue weighted by molar-refractivity contribution is 6.06. The highest BCUT2D eigenvalue weighted by Gasteiger charge is 2.17. The second kappa shape index (κ2) is 12.9. The van der Waals surface area contributed by atoms with Crippen LogP contribution >= 0.6 is 0 Å².